The van der Waals surface area contributed by atoms with Crippen LogP contribution < -0.4 is 4.90 Å². The summed E-state index contributed by atoms with van der Waals surface area (Å²) in [7, 11) is 0. The number of para-hydroxylation sites is 1. The van der Waals surface area contributed by atoms with Crippen LogP contribution in [-0.2, 0) is 9.59 Å². The summed E-state index contributed by atoms with van der Waals surface area (Å²) in [6.45, 7) is 3.77. The van der Waals surface area contributed by atoms with Gasteiger partial charge in [-0.3, -0.25) is 9.69 Å². The predicted molar refractivity (Wildman–Crippen MR) is 79.7 cm³/mol. The SMILES string of the molecule is CCN(C(=O)CN1CCCCC1C=O)c1ccccc1. The van der Waals surface area contributed by atoms with Gasteiger partial charge in [-0.05, 0) is 38.4 Å². The van der Waals surface area contributed by atoms with Crippen LogP contribution in [0.4, 0.5) is 5.69 Å². The van der Waals surface area contributed by atoms with Crippen molar-refractivity contribution in [3.63, 3.8) is 0 Å². The molecule has 0 spiro atoms. The largest absolute Gasteiger partial charge is 0.312 e. The number of hydrogen-bond acceptors (Lipinski definition) is 3. The molecule has 1 aromatic carbocycles. The monoisotopic (exact) mass is 274 g/mol. The average Bonchev–Trinajstić information content (AvgIpc) is 2.49. The number of anilines is 1. The molecule has 1 amide bonds. The van der Waals surface area contributed by atoms with Crippen LogP contribution in [0.15, 0.2) is 30.3 Å². The Bertz CT molecular complexity index is 447. The number of amides is 1. The number of piperidine rings is 1. The van der Waals surface area contributed by atoms with Crippen molar-refractivity contribution in [1.82, 2.24) is 4.90 Å². The van der Waals surface area contributed by atoms with Crippen molar-refractivity contribution >= 4 is 17.9 Å². The van der Waals surface area contributed by atoms with Gasteiger partial charge in [0.1, 0.15) is 6.29 Å². The molecule has 1 atom stereocenters. The fraction of sp³-hybridized carbons (Fsp3) is 0.500. The number of benzene rings is 1. The topological polar surface area (TPSA) is 40.6 Å². The molecule has 1 heterocycles. The summed E-state index contributed by atoms with van der Waals surface area (Å²) in [5, 5.41) is 0. The van der Waals surface area contributed by atoms with Crippen LogP contribution >= 0.6 is 0 Å². The second-order valence-electron chi connectivity index (χ2n) is 5.14. The molecular weight excluding hydrogens is 252 g/mol. The molecule has 20 heavy (non-hydrogen) atoms. The Morgan fingerprint density at radius 3 is 2.75 bits per heavy atom. The molecule has 0 saturated carbocycles. The molecule has 1 aromatic rings. The zero-order valence-corrected chi connectivity index (χ0v) is 12.0. The molecule has 2 rings (SSSR count). The maximum atomic E-state index is 12.5. The zero-order valence-electron chi connectivity index (χ0n) is 12.0. The lowest BCUT2D eigenvalue weighted by molar-refractivity contribution is -0.122. The van der Waals surface area contributed by atoms with E-state index in [4.69, 9.17) is 0 Å². The molecule has 1 aliphatic rings. The van der Waals surface area contributed by atoms with E-state index in [0.717, 1.165) is 37.8 Å². The first kappa shape index (κ1) is 14.7. The van der Waals surface area contributed by atoms with E-state index < -0.39 is 0 Å². The standard InChI is InChI=1S/C16H22N2O2/c1-2-18(14-8-4-3-5-9-14)16(20)12-17-11-7-6-10-15(17)13-19/h3-5,8-9,13,15H,2,6-7,10-12H2,1H3. The van der Waals surface area contributed by atoms with Crippen molar-refractivity contribution in [2.24, 2.45) is 0 Å². The third-order valence-electron chi connectivity index (χ3n) is 3.84. The highest BCUT2D eigenvalue weighted by molar-refractivity contribution is 5.94. The Hall–Kier alpha value is -1.68. The average molecular weight is 274 g/mol. The second kappa shape index (κ2) is 7.20. The van der Waals surface area contributed by atoms with Crippen molar-refractivity contribution in [2.75, 3.05) is 24.5 Å². The minimum Gasteiger partial charge on any atom is -0.312 e. The first-order valence-corrected chi connectivity index (χ1v) is 7.31. The number of nitrogens with zero attached hydrogens (tertiary/aromatic N) is 2. The van der Waals surface area contributed by atoms with E-state index in [9.17, 15) is 9.59 Å². The molecule has 1 saturated heterocycles. The van der Waals surface area contributed by atoms with E-state index >= 15 is 0 Å². The Kier molecular flexibility index (Phi) is 5.30. The smallest absolute Gasteiger partial charge is 0.241 e. The van der Waals surface area contributed by atoms with Crippen LogP contribution in [-0.4, -0.2) is 42.8 Å². The van der Waals surface area contributed by atoms with E-state index in [0.29, 0.717) is 13.1 Å². The highest BCUT2D eigenvalue weighted by Crippen LogP contribution is 2.17. The fourth-order valence-electron chi connectivity index (χ4n) is 2.74. The van der Waals surface area contributed by atoms with Crippen molar-refractivity contribution < 1.29 is 9.59 Å². The third kappa shape index (κ3) is 3.45. The molecular formula is C16H22N2O2. The molecule has 0 N–H and O–H groups in total. The minimum absolute atomic E-state index is 0.0625. The van der Waals surface area contributed by atoms with E-state index in [2.05, 4.69) is 0 Å². The fourth-order valence-corrected chi connectivity index (χ4v) is 2.74. The maximum Gasteiger partial charge on any atom is 0.241 e. The lowest BCUT2D eigenvalue weighted by atomic mass is 10.0. The third-order valence-corrected chi connectivity index (χ3v) is 3.84. The quantitative estimate of drug-likeness (QED) is 0.772. The number of carbonyl (C=O) groups excluding carboxylic acids is 2. The van der Waals surface area contributed by atoms with Crippen LogP contribution in [0.2, 0.25) is 0 Å². The van der Waals surface area contributed by atoms with Gasteiger partial charge >= 0.3 is 0 Å². The van der Waals surface area contributed by atoms with Gasteiger partial charge in [0.25, 0.3) is 0 Å². The molecule has 1 fully saturated rings. The number of hydrogen-bond donors (Lipinski definition) is 0. The summed E-state index contributed by atoms with van der Waals surface area (Å²) in [5.74, 6) is 0.0625. The number of likely N-dealkylation sites (N-methyl/N-ethyl adjacent to an activating group) is 1. The lowest BCUT2D eigenvalue weighted by Crippen LogP contribution is -2.47. The van der Waals surface area contributed by atoms with Gasteiger partial charge in [0.15, 0.2) is 0 Å². The number of aldehydes is 1. The molecule has 4 heteroatoms. The molecule has 0 aromatic heterocycles. The highest BCUT2D eigenvalue weighted by Gasteiger charge is 2.25. The predicted octanol–water partition coefficient (Wildman–Crippen LogP) is 2.09. The van der Waals surface area contributed by atoms with Gasteiger partial charge in [0.05, 0.1) is 12.6 Å². The highest BCUT2D eigenvalue weighted by atomic mass is 16.2. The van der Waals surface area contributed by atoms with Crippen molar-refractivity contribution in [3.8, 4) is 0 Å². The second-order valence-corrected chi connectivity index (χ2v) is 5.14. The van der Waals surface area contributed by atoms with Crippen LogP contribution in [0, 0.1) is 0 Å². The number of likely N-dealkylation sites (tertiary alicyclic amines) is 1. The van der Waals surface area contributed by atoms with Crippen LogP contribution in [0.5, 0.6) is 0 Å². The van der Waals surface area contributed by atoms with Gasteiger partial charge in [-0.1, -0.05) is 24.6 Å². The molecule has 4 nitrogen and oxygen atoms in total. The van der Waals surface area contributed by atoms with Crippen LogP contribution in [0.25, 0.3) is 0 Å². The van der Waals surface area contributed by atoms with E-state index in [1.165, 1.54) is 0 Å². The number of rotatable bonds is 5. The Balaban J connectivity index is 2.04. The van der Waals surface area contributed by atoms with Gasteiger partial charge in [0, 0.05) is 12.2 Å². The van der Waals surface area contributed by atoms with Gasteiger partial charge in [-0.25, -0.2) is 0 Å². The Morgan fingerprint density at radius 1 is 1.35 bits per heavy atom. The summed E-state index contributed by atoms with van der Waals surface area (Å²) in [4.78, 5) is 27.3. The maximum absolute atomic E-state index is 12.5. The lowest BCUT2D eigenvalue weighted by Gasteiger charge is -2.33. The van der Waals surface area contributed by atoms with Gasteiger partial charge in [-0.2, -0.15) is 0 Å². The summed E-state index contributed by atoms with van der Waals surface area (Å²) in [6, 6.07) is 9.58. The molecule has 0 aliphatic carbocycles. The Morgan fingerprint density at radius 2 is 2.10 bits per heavy atom. The molecule has 0 bridgehead atoms. The van der Waals surface area contributed by atoms with Crippen molar-refractivity contribution in [1.29, 1.82) is 0 Å². The minimum atomic E-state index is -0.0952. The van der Waals surface area contributed by atoms with Crippen LogP contribution in [0.1, 0.15) is 26.2 Å². The molecule has 0 radical (unpaired) electrons. The van der Waals surface area contributed by atoms with Crippen molar-refractivity contribution in [3.05, 3.63) is 30.3 Å². The van der Waals surface area contributed by atoms with E-state index in [-0.39, 0.29) is 11.9 Å². The summed E-state index contributed by atoms with van der Waals surface area (Å²) in [5.41, 5.74) is 0.916. The van der Waals surface area contributed by atoms with Gasteiger partial charge in [0.2, 0.25) is 5.91 Å². The van der Waals surface area contributed by atoms with Crippen LogP contribution in [0.3, 0.4) is 0 Å². The van der Waals surface area contributed by atoms with E-state index in [1.54, 1.807) is 4.90 Å². The summed E-state index contributed by atoms with van der Waals surface area (Å²) < 4.78 is 0. The van der Waals surface area contributed by atoms with Gasteiger partial charge < -0.3 is 9.69 Å². The zero-order chi connectivity index (χ0) is 14.4. The molecule has 108 valence electrons. The summed E-state index contributed by atoms with van der Waals surface area (Å²) >= 11 is 0. The van der Waals surface area contributed by atoms with E-state index in [1.807, 2.05) is 42.2 Å². The Labute approximate surface area is 120 Å². The first-order valence-electron chi connectivity index (χ1n) is 7.31. The molecule has 1 aliphatic heterocycles. The van der Waals surface area contributed by atoms with Crippen molar-refractivity contribution in [2.45, 2.75) is 32.2 Å². The molecule has 1 unspecified atom stereocenters. The normalized spacial score (nSPS) is 19.6. The number of carbonyl (C=O) groups is 2. The summed E-state index contributed by atoms with van der Waals surface area (Å²) in [6.07, 6.45) is 3.98. The first-order chi connectivity index (χ1) is 9.76. The van der Waals surface area contributed by atoms with Gasteiger partial charge in [-0.15, -0.1) is 0 Å².